The van der Waals surface area contributed by atoms with E-state index in [9.17, 15) is 14.4 Å². The third-order valence-electron chi connectivity index (χ3n) is 3.35. The van der Waals surface area contributed by atoms with Gasteiger partial charge in [0, 0.05) is 12.2 Å². The van der Waals surface area contributed by atoms with Gasteiger partial charge in [-0.1, -0.05) is 30.3 Å². The number of anilines is 2. The quantitative estimate of drug-likeness (QED) is 0.628. The first kappa shape index (κ1) is 19.0. The first-order valence-corrected chi connectivity index (χ1v) is 8.21. The van der Waals surface area contributed by atoms with Crippen molar-refractivity contribution in [1.29, 1.82) is 0 Å². The van der Waals surface area contributed by atoms with E-state index in [0.29, 0.717) is 17.8 Å². The summed E-state index contributed by atoms with van der Waals surface area (Å²) in [5.41, 5.74) is 1.71. The molecule has 0 unspecified atom stereocenters. The molecule has 0 saturated carbocycles. The van der Waals surface area contributed by atoms with Crippen molar-refractivity contribution in [2.24, 2.45) is 0 Å². The molecule has 2 rings (SSSR count). The van der Waals surface area contributed by atoms with Crippen LogP contribution in [0.4, 0.5) is 11.4 Å². The molecular formula is C19H21N3O4. The van der Waals surface area contributed by atoms with Crippen molar-refractivity contribution in [3.8, 4) is 0 Å². The van der Waals surface area contributed by atoms with Gasteiger partial charge in [0.2, 0.25) is 5.91 Å². The first-order valence-electron chi connectivity index (χ1n) is 8.21. The Morgan fingerprint density at radius 3 is 2.31 bits per heavy atom. The maximum absolute atomic E-state index is 12.3. The second-order valence-electron chi connectivity index (χ2n) is 5.34. The molecule has 0 aliphatic carbocycles. The highest BCUT2D eigenvalue weighted by molar-refractivity contribution is 5.97. The van der Waals surface area contributed by atoms with Gasteiger partial charge < -0.3 is 20.7 Å². The summed E-state index contributed by atoms with van der Waals surface area (Å²) < 4.78 is 5.04. The van der Waals surface area contributed by atoms with Crippen LogP contribution in [-0.4, -0.2) is 37.5 Å². The van der Waals surface area contributed by atoms with Gasteiger partial charge in [0.15, 0.2) is 6.61 Å². The Balaban J connectivity index is 1.91. The van der Waals surface area contributed by atoms with Gasteiger partial charge in [-0.2, -0.15) is 0 Å². The molecule has 26 heavy (non-hydrogen) atoms. The lowest BCUT2D eigenvalue weighted by molar-refractivity contribution is -0.127. The van der Waals surface area contributed by atoms with E-state index in [1.165, 1.54) is 0 Å². The summed E-state index contributed by atoms with van der Waals surface area (Å²) >= 11 is 0. The summed E-state index contributed by atoms with van der Waals surface area (Å²) in [4.78, 5) is 35.2. The lowest BCUT2D eigenvalue weighted by Gasteiger charge is -2.12. The van der Waals surface area contributed by atoms with E-state index < -0.39 is 18.5 Å². The minimum Gasteiger partial charge on any atom is -0.452 e. The van der Waals surface area contributed by atoms with Crippen LogP contribution in [0.3, 0.4) is 0 Å². The normalized spacial score (nSPS) is 9.88. The minimum atomic E-state index is -0.628. The van der Waals surface area contributed by atoms with Crippen molar-refractivity contribution in [3.63, 3.8) is 0 Å². The van der Waals surface area contributed by atoms with Crippen molar-refractivity contribution < 1.29 is 19.1 Å². The number of hydrogen-bond acceptors (Lipinski definition) is 5. The van der Waals surface area contributed by atoms with Crippen molar-refractivity contribution in [2.45, 2.75) is 6.92 Å². The zero-order valence-electron chi connectivity index (χ0n) is 14.5. The monoisotopic (exact) mass is 355 g/mol. The summed E-state index contributed by atoms with van der Waals surface area (Å²) in [5, 5.41) is 8.08. The van der Waals surface area contributed by atoms with Crippen molar-refractivity contribution >= 4 is 29.2 Å². The van der Waals surface area contributed by atoms with Gasteiger partial charge in [-0.15, -0.1) is 0 Å². The average molecular weight is 355 g/mol. The molecule has 0 spiro atoms. The number of benzene rings is 2. The molecule has 0 saturated heterocycles. The number of nitrogens with one attached hydrogen (secondary N) is 3. The van der Waals surface area contributed by atoms with Gasteiger partial charge in [-0.05, 0) is 31.2 Å². The van der Waals surface area contributed by atoms with Crippen LogP contribution >= 0.6 is 0 Å². The maximum atomic E-state index is 12.3. The Morgan fingerprint density at radius 1 is 0.885 bits per heavy atom. The fourth-order valence-electron chi connectivity index (χ4n) is 2.15. The van der Waals surface area contributed by atoms with Gasteiger partial charge in [-0.25, -0.2) is 4.79 Å². The number of carbonyl (C=O) groups excluding carboxylic acids is 3. The number of rotatable bonds is 8. The van der Waals surface area contributed by atoms with E-state index in [1.54, 1.807) is 31.2 Å². The third-order valence-corrected chi connectivity index (χ3v) is 3.35. The molecule has 7 heteroatoms. The van der Waals surface area contributed by atoms with Crippen LogP contribution < -0.4 is 16.0 Å². The van der Waals surface area contributed by atoms with Crippen LogP contribution in [0.25, 0.3) is 0 Å². The molecule has 0 bridgehead atoms. The molecule has 3 N–H and O–H groups in total. The lowest BCUT2D eigenvalue weighted by Crippen LogP contribution is -2.38. The summed E-state index contributed by atoms with van der Waals surface area (Å²) in [6, 6.07) is 16.3. The van der Waals surface area contributed by atoms with E-state index in [-0.39, 0.29) is 12.5 Å². The second-order valence-corrected chi connectivity index (χ2v) is 5.34. The van der Waals surface area contributed by atoms with Gasteiger partial charge >= 0.3 is 5.97 Å². The number of likely N-dealkylation sites (N-methyl/N-ethyl adjacent to an activating group) is 1. The van der Waals surface area contributed by atoms with E-state index >= 15 is 0 Å². The maximum Gasteiger partial charge on any atom is 0.340 e. The Labute approximate surface area is 151 Å². The molecule has 0 aromatic heterocycles. The Bertz CT molecular complexity index is 762. The van der Waals surface area contributed by atoms with Crippen molar-refractivity contribution in [3.05, 3.63) is 60.2 Å². The summed E-state index contributed by atoms with van der Waals surface area (Å²) in [6.45, 7) is 1.64. The molecular weight excluding hydrogens is 334 g/mol. The Kier molecular flexibility index (Phi) is 7.17. The van der Waals surface area contributed by atoms with Crippen molar-refractivity contribution in [2.75, 3.05) is 25.0 Å². The van der Waals surface area contributed by atoms with Crippen LogP contribution in [0.1, 0.15) is 17.3 Å². The molecule has 0 radical (unpaired) electrons. The molecule has 0 aliphatic heterocycles. The fourth-order valence-corrected chi connectivity index (χ4v) is 2.15. The molecule has 0 aliphatic rings. The van der Waals surface area contributed by atoms with Crippen molar-refractivity contribution in [1.82, 2.24) is 10.6 Å². The smallest absolute Gasteiger partial charge is 0.340 e. The number of carbonyl (C=O) groups is 3. The zero-order chi connectivity index (χ0) is 18.8. The third kappa shape index (κ3) is 5.94. The van der Waals surface area contributed by atoms with Crippen LogP contribution in [0.15, 0.2) is 54.6 Å². The Hall–Kier alpha value is -3.35. The summed E-state index contributed by atoms with van der Waals surface area (Å²) in [5.74, 6) is -1.47. The molecule has 7 nitrogen and oxygen atoms in total. The average Bonchev–Trinajstić information content (AvgIpc) is 2.66. The topological polar surface area (TPSA) is 96.5 Å². The van der Waals surface area contributed by atoms with Gasteiger partial charge in [0.05, 0.1) is 17.8 Å². The highest BCUT2D eigenvalue weighted by Gasteiger charge is 2.14. The minimum absolute atomic E-state index is 0.156. The molecule has 2 amide bonds. The van der Waals surface area contributed by atoms with E-state index in [2.05, 4.69) is 16.0 Å². The van der Waals surface area contributed by atoms with Gasteiger partial charge in [-0.3, -0.25) is 9.59 Å². The van der Waals surface area contributed by atoms with E-state index in [4.69, 9.17) is 4.74 Å². The number of esters is 1. The molecule has 2 aromatic rings. The van der Waals surface area contributed by atoms with Crippen LogP contribution in [-0.2, 0) is 14.3 Å². The summed E-state index contributed by atoms with van der Waals surface area (Å²) in [6.07, 6.45) is 0. The standard InChI is InChI=1S/C19H21N3O4/c1-2-20-17(23)12-21-18(24)13-26-19(25)15-10-6-7-11-16(15)22-14-8-4-3-5-9-14/h3-11,22H,2,12-13H2,1H3,(H,20,23)(H,21,24). The fraction of sp³-hybridized carbons (Fsp3) is 0.211. The number of para-hydroxylation sites is 2. The predicted octanol–water partition coefficient (Wildman–Crippen LogP) is 1.84. The molecule has 2 aromatic carbocycles. The predicted molar refractivity (Wildman–Crippen MR) is 98.1 cm³/mol. The highest BCUT2D eigenvalue weighted by atomic mass is 16.5. The zero-order valence-corrected chi connectivity index (χ0v) is 14.5. The molecule has 0 fully saturated rings. The number of ether oxygens (including phenoxy) is 1. The van der Waals surface area contributed by atoms with Crippen LogP contribution in [0.2, 0.25) is 0 Å². The summed E-state index contributed by atoms with van der Waals surface area (Å²) in [7, 11) is 0. The first-order chi connectivity index (χ1) is 12.6. The number of hydrogen-bond donors (Lipinski definition) is 3. The largest absolute Gasteiger partial charge is 0.452 e. The lowest BCUT2D eigenvalue weighted by atomic mass is 10.1. The SMILES string of the molecule is CCNC(=O)CNC(=O)COC(=O)c1ccccc1Nc1ccccc1. The van der Waals surface area contributed by atoms with Crippen LogP contribution in [0, 0.1) is 0 Å². The van der Waals surface area contributed by atoms with E-state index in [1.807, 2.05) is 30.3 Å². The van der Waals surface area contributed by atoms with Gasteiger partial charge in [0.25, 0.3) is 5.91 Å². The van der Waals surface area contributed by atoms with E-state index in [0.717, 1.165) is 5.69 Å². The Morgan fingerprint density at radius 2 is 1.58 bits per heavy atom. The molecule has 0 heterocycles. The molecule has 0 atom stereocenters. The van der Waals surface area contributed by atoms with Crippen LogP contribution in [0.5, 0.6) is 0 Å². The van der Waals surface area contributed by atoms with Gasteiger partial charge in [0.1, 0.15) is 0 Å². The number of amides is 2. The second kappa shape index (κ2) is 9.83. The molecule has 136 valence electrons. The highest BCUT2D eigenvalue weighted by Crippen LogP contribution is 2.21.